The van der Waals surface area contributed by atoms with Crippen molar-refractivity contribution in [3.8, 4) is 33.9 Å². The largest absolute Gasteiger partial charge is 0.507 e. The number of carboxylic acids is 2. The number of aromatic hydroxyl groups is 2. The maximum Gasteiger partial charge on any atom is 0.339 e. The minimum absolute atomic E-state index is 0.0336. The minimum atomic E-state index is -5.19. The fourth-order valence-electron chi connectivity index (χ4n) is 10.8. The van der Waals surface area contributed by atoms with Crippen molar-refractivity contribution in [2.45, 2.75) is 75.0 Å². The Hall–Kier alpha value is -9.37. The van der Waals surface area contributed by atoms with Gasteiger partial charge >= 0.3 is 11.9 Å². The number of benzene rings is 9. The van der Waals surface area contributed by atoms with E-state index >= 15 is 0 Å². The number of carboxylic acid groups (broad SMARTS) is 2. The highest BCUT2D eigenvalue weighted by molar-refractivity contribution is 7.93. The van der Waals surface area contributed by atoms with E-state index in [1.165, 1.54) is 66.7 Å². The Labute approximate surface area is 492 Å². The third-order valence-electron chi connectivity index (χ3n) is 15.7. The van der Waals surface area contributed by atoms with Crippen molar-refractivity contribution in [2.75, 3.05) is 14.8 Å². The summed E-state index contributed by atoms with van der Waals surface area (Å²) in [6.07, 6.45) is 0. The van der Waals surface area contributed by atoms with Crippen molar-refractivity contribution in [1.29, 1.82) is 0 Å². The van der Waals surface area contributed by atoms with E-state index in [9.17, 15) is 72.8 Å². The van der Waals surface area contributed by atoms with E-state index in [0.29, 0.717) is 55.9 Å². The predicted octanol–water partition coefficient (Wildman–Crippen LogP) is 11.9. The molecule has 0 amide bonds. The van der Waals surface area contributed by atoms with E-state index in [4.69, 9.17) is 9.41 Å². The third-order valence-corrected chi connectivity index (χ3v) is 20.3. The molecule has 0 atom stereocenters. The SMILES string of the molecule is Cc1c(C)c(NS(=O)(=O)c2cccc3cc(C(=O)O)c(O)cc23)c(C)c(C)c1/N=c1\cc2oc3cc(Nc4c(C)c(C)c(NS(=O)(=O)c5cccc6cc(C(=O)O)c(O)cc56)c(C)c4C)ccc3c(-c3ccccc3S(=O)(=O)O)c-2cc1S(=O)(=O)O. The molecule has 2 aliphatic rings. The van der Waals surface area contributed by atoms with Gasteiger partial charge in [0, 0.05) is 56.4 Å². The molecular formula is C61H52N4O17S4. The van der Waals surface area contributed by atoms with Crippen LogP contribution in [-0.2, 0) is 40.3 Å². The van der Waals surface area contributed by atoms with Gasteiger partial charge in [-0.15, -0.1) is 0 Å². The van der Waals surface area contributed by atoms with Crippen LogP contribution in [0.25, 0.3) is 55.0 Å². The van der Waals surface area contributed by atoms with E-state index in [2.05, 4.69) is 14.8 Å². The lowest BCUT2D eigenvalue weighted by atomic mass is 9.93. The Morgan fingerprint density at radius 2 is 0.919 bits per heavy atom. The van der Waals surface area contributed by atoms with Crippen LogP contribution in [0.15, 0.2) is 144 Å². The molecule has 25 heteroatoms. The maximum absolute atomic E-state index is 14.2. The molecule has 1 aliphatic carbocycles. The van der Waals surface area contributed by atoms with Gasteiger partial charge in [-0.1, -0.05) is 42.5 Å². The standard InChI is InChI=1S/C61H52N4O17S4/c1-28-32(5)58(64-83(72,73)51-17-11-13-36-21-43(60(68)69)47(66)24-41(36)51)33(6)29(2)56(28)62-38-19-20-39-49(23-38)82-50-27-46(54(86(79,80)81)26-45(50)55(39)40-15-9-10-16-53(40)85(76,77)78)63-57-30(3)34(7)59(35(8)31(57)4)65-84(74,75)52-18-12-14-37-22-44(61(70)71)48(67)25-42(37)52/h9-27,62,64-67H,1-8H3,(H,68,69)(H,70,71)(H,76,77,78)(H,79,80,81)/b63-46+. The van der Waals surface area contributed by atoms with Crippen molar-refractivity contribution in [1.82, 2.24) is 0 Å². The van der Waals surface area contributed by atoms with E-state index in [-0.39, 0.29) is 87.2 Å². The molecule has 10 rings (SSSR count). The van der Waals surface area contributed by atoms with Crippen LogP contribution in [0.2, 0.25) is 0 Å². The summed E-state index contributed by atoms with van der Waals surface area (Å²) < 4.78 is 143. The van der Waals surface area contributed by atoms with Crippen molar-refractivity contribution < 1.29 is 77.2 Å². The lowest BCUT2D eigenvalue weighted by molar-refractivity contribution is 0.0682. The zero-order chi connectivity index (χ0) is 62.6. The first kappa shape index (κ1) is 59.8. The van der Waals surface area contributed by atoms with Gasteiger partial charge in [0.05, 0.1) is 32.2 Å². The molecule has 21 nitrogen and oxygen atoms in total. The monoisotopic (exact) mass is 1240 g/mol. The molecule has 0 unspecified atom stereocenters. The summed E-state index contributed by atoms with van der Waals surface area (Å²) in [6, 6.07) is 25.5. The van der Waals surface area contributed by atoms with Crippen LogP contribution in [0.1, 0.15) is 65.2 Å². The lowest BCUT2D eigenvalue weighted by Crippen LogP contribution is -2.17. The van der Waals surface area contributed by atoms with Gasteiger partial charge < -0.3 is 30.2 Å². The Morgan fingerprint density at radius 1 is 0.465 bits per heavy atom. The van der Waals surface area contributed by atoms with Crippen LogP contribution in [0.4, 0.5) is 28.4 Å². The molecule has 0 saturated heterocycles. The van der Waals surface area contributed by atoms with Crippen LogP contribution in [0.3, 0.4) is 0 Å². The number of nitrogens with zero attached hydrogens (tertiary/aromatic N) is 1. The molecule has 442 valence electrons. The summed E-state index contributed by atoms with van der Waals surface area (Å²) in [5, 5.41) is 44.0. The van der Waals surface area contributed by atoms with E-state index < -0.39 is 84.6 Å². The highest BCUT2D eigenvalue weighted by Gasteiger charge is 2.30. The fraction of sp³-hybridized carbons (Fsp3) is 0.131. The smallest absolute Gasteiger partial charge is 0.339 e. The number of hydrogen-bond donors (Lipinski definition) is 9. The normalized spacial score (nSPS) is 12.6. The van der Waals surface area contributed by atoms with Gasteiger partial charge in [0.2, 0.25) is 0 Å². The molecule has 0 radical (unpaired) electrons. The zero-order valence-electron chi connectivity index (χ0n) is 46.7. The summed E-state index contributed by atoms with van der Waals surface area (Å²) in [5.74, 6) is -4.15. The predicted molar refractivity (Wildman–Crippen MR) is 324 cm³/mol. The van der Waals surface area contributed by atoms with E-state index in [0.717, 1.165) is 30.3 Å². The van der Waals surface area contributed by atoms with Gasteiger partial charge in [-0.05, 0) is 171 Å². The average molecular weight is 1240 g/mol. The van der Waals surface area contributed by atoms with Crippen molar-refractivity contribution >= 4 is 113 Å². The number of hydrogen-bond acceptors (Lipinski definition) is 15. The second kappa shape index (κ2) is 21.3. The molecule has 8 aromatic carbocycles. The quantitative estimate of drug-likeness (QED) is 0.0361. The second-order valence-corrected chi connectivity index (χ2v) is 26.8. The molecule has 0 bridgehead atoms. The van der Waals surface area contributed by atoms with Gasteiger partial charge in [0.25, 0.3) is 40.3 Å². The molecule has 1 heterocycles. The molecule has 0 saturated carbocycles. The Bertz CT molecular complexity index is 5140. The van der Waals surface area contributed by atoms with Crippen LogP contribution in [-0.4, -0.2) is 75.1 Å². The fourth-order valence-corrected chi connectivity index (χ4v) is 14.9. The zero-order valence-corrected chi connectivity index (χ0v) is 50.0. The molecule has 9 N–H and O–H groups in total. The Kier molecular flexibility index (Phi) is 14.8. The Morgan fingerprint density at radius 3 is 1.40 bits per heavy atom. The third kappa shape index (κ3) is 10.5. The van der Waals surface area contributed by atoms with Gasteiger partial charge in [-0.2, -0.15) is 16.8 Å². The number of aromatic carboxylic acids is 2. The van der Waals surface area contributed by atoms with Gasteiger partial charge in [0.1, 0.15) is 43.8 Å². The van der Waals surface area contributed by atoms with Crippen molar-refractivity contribution in [3.63, 3.8) is 0 Å². The van der Waals surface area contributed by atoms with E-state index in [1.54, 1.807) is 73.6 Å². The number of rotatable bonds is 14. The first-order chi connectivity index (χ1) is 40.2. The summed E-state index contributed by atoms with van der Waals surface area (Å²) >= 11 is 0. The molecule has 86 heavy (non-hydrogen) atoms. The molecule has 0 fully saturated rings. The van der Waals surface area contributed by atoms with E-state index in [1.807, 2.05) is 0 Å². The average Bonchev–Trinajstić information content (AvgIpc) is 1.14. The molecule has 1 aliphatic heterocycles. The number of nitrogens with one attached hydrogen (secondary N) is 3. The topological polar surface area (TPSA) is 354 Å². The summed E-state index contributed by atoms with van der Waals surface area (Å²) in [6.45, 7) is 13.4. The summed E-state index contributed by atoms with van der Waals surface area (Å²) in [7, 11) is -19.0. The first-order valence-electron chi connectivity index (χ1n) is 25.8. The van der Waals surface area contributed by atoms with Crippen molar-refractivity contribution in [2.24, 2.45) is 4.99 Å². The van der Waals surface area contributed by atoms with Gasteiger partial charge in [0.15, 0.2) is 0 Å². The van der Waals surface area contributed by atoms with Crippen LogP contribution >= 0.6 is 0 Å². The van der Waals surface area contributed by atoms with Crippen LogP contribution in [0, 0.1) is 55.4 Å². The maximum atomic E-state index is 14.2. The molecule has 8 aromatic rings. The summed E-state index contributed by atoms with van der Waals surface area (Å²) in [4.78, 5) is 26.5. The number of anilines is 4. The Balaban J connectivity index is 1.10. The lowest BCUT2D eigenvalue weighted by Gasteiger charge is -2.23. The molecule has 0 spiro atoms. The number of carbonyl (C=O) groups is 2. The van der Waals surface area contributed by atoms with Gasteiger partial charge in [-0.25, -0.2) is 31.4 Å². The van der Waals surface area contributed by atoms with Crippen LogP contribution < -0.4 is 20.1 Å². The van der Waals surface area contributed by atoms with Crippen LogP contribution in [0.5, 0.6) is 11.5 Å². The number of sulfonamides is 2. The second-order valence-electron chi connectivity index (χ2n) is 20.7. The highest BCUT2D eigenvalue weighted by Crippen LogP contribution is 2.46. The number of fused-ring (bicyclic) bond motifs is 4. The van der Waals surface area contributed by atoms with Gasteiger partial charge in [-0.3, -0.25) is 18.5 Å². The first-order valence-corrected chi connectivity index (χ1v) is 31.7. The highest BCUT2D eigenvalue weighted by atomic mass is 32.2. The molecule has 0 aromatic heterocycles. The number of phenols is 2. The molecular weight excluding hydrogens is 1190 g/mol. The van der Waals surface area contributed by atoms with Crippen molar-refractivity contribution in [3.05, 3.63) is 176 Å². The summed E-state index contributed by atoms with van der Waals surface area (Å²) in [5.41, 5.74) is 4.49. The minimum Gasteiger partial charge on any atom is -0.507 e.